The van der Waals surface area contributed by atoms with Gasteiger partial charge in [0.1, 0.15) is 5.76 Å². The molecule has 0 aromatic carbocycles. The number of thioether (sulfide) groups is 1. The lowest BCUT2D eigenvalue weighted by Crippen LogP contribution is -2.34. The molecule has 0 aliphatic heterocycles. The first-order valence-corrected chi connectivity index (χ1v) is 9.20. The molecule has 8 heteroatoms. The Kier molecular flexibility index (Phi) is 7.27. The number of hydrogen-bond acceptors (Lipinski definition) is 6. The molecule has 1 N–H and O–H groups in total. The van der Waals surface area contributed by atoms with Crippen LogP contribution in [0.3, 0.4) is 0 Å². The van der Waals surface area contributed by atoms with Crippen molar-refractivity contribution in [1.82, 2.24) is 14.9 Å². The van der Waals surface area contributed by atoms with E-state index in [9.17, 15) is 9.59 Å². The van der Waals surface area contributed by atoms with Crippen LogP contribution in [0.15, 0.2) is 32.8 Å². The van der Waals surface area contributed by atoms with E-state index in [1.54, 1.807) is 31.3 Å². The topological polar surface area (TPSA) is 88.4 Å². The highest BCUT2D eigenvalue weighted by atomic mass is 32.2. The molecule has 0 atom stereocenters. The molecule has 136 valence electrons. The Labute approximate surface area is 150 Å². The van der Waals surface area contributed by atoms with Crippen LogP contribution in [0.4, 0.5) is 0 Å². The Balaban J connectivity index is 2.04. The Morgan fingerprint density at radius 2 is 2.28 bits per heavy atom. The molecule has 1 amide bonds. The fraction of sp³-hybridized carbons (Fsp3) is 0.471. The molecule has 2 heterocycles. The lowest BCUT2D eigenvalue weighted by Gasteiger charge is -2.21. The second-order valence-corrected chi connectivity index (χ2v) is 6.32. The number of aromatic amines is 1. The van der Waals surface area contributed by atoms with Gasteiger partial charge in [-0.1, -0.05) is 11.8 Å². The molecule has 2 rings (SSSR count). The standard InChI is InChI=1S/C17H23N3O4S/c1-12-14(16(22)19-17(18-12)25-3)6-7-15(21)20(8-10-23-2)11-13-5-4-9-24-13/h4-5,9H,6-8,10-11H2,1-3H3,(H,18,19,22). The summed E-state index contributed by atoms with van der Waals surface area (Å²) in [5.41, 5.74) is 1.03. The van der Waals surface area contributed by atoms with E-state index in [2.05, 4.69) is 9.97 Å². The van der Waals surface area contributed by atoms with Gasteiger partial charge >= 0.3 is 0 Å². The maximum Gasteiger partial charge on any atom is 0.254 e. The summed E-state index contributed by atoms with van der Waals surface area (Å²) < 4.78 is 10.4. The Bertz CT molecular complexity index is 743. The highest BCUT2D eigenvalue weighted by Crippen LogP contribution is 2.12. The minimum Gasteiger partial charge on any atom is -0.467 e. The van der Waals surface area contributed by atoms with Crippen LogP contribution in [0.25, 0.3) is 0 Å². The van der Waals surface area contributed by atoms with Crippen molar-refractivity contribution in [3.63, 3.8) is 0 Å². The van der Waals surface area contributed by atoms with Crippen LogP contribution in [0, 0.1) is 6.92 Å². The number of rotatable bonds is 9. The molecule has 0 saturated heterocycles. The number of aromatic nitrogens is 2. The van der Waals surface area contributed by atoms with Crippen LogP contribution in [0.2, 0.25) is 0 Å². The molecule has 0 spiro atoms. The fourth-order valence-electron chi connectivity index (χ4n) is 2.45. The Hall–Kier alpha value is -2.06. The summed E-state index contributed by atoms with van der Waals surface area (Å²) in [5, 5.41) is 0.581. The second-order valence-electron chi connectivity index (χ2n) is 5.53. The lowest BCUT2D eigenvalue weighted by atomic mass is 10.1. The van der Waals surface area contributed by atoms with E-state index >= 15 is 0 Å². The quantitative estimate of drug-likeness (QED) is 0.540. The predicted molar refractivity (Wildman–Crippen MR) is 95.7 cm³/mol. The number of nitrogens with one attached hydrogen (secondary N) is 1. The van der Waals surface area contributed by atoms with Crippen LogP contribution < -0.4 is 5.56 Å². The van der Waals surface area contributed by atoms with Crippen molar-refractivity contribution in [1.29, 1.82) is 0 Å². The van der Waals surface area contributed by atoms with Gasteiger partial charge in [-0.2, -0.15) is 0 Å². The van der Waals surface area contributed by atoms with E-state index in [1.807, 2.05) is 12.3 Å². The van der Waals surface area contributed by atoms with Crippen molar-refractivity contribution >= 4 is 17.7 Å². The predicted octanol–water partition coefficient (Wildman–Crippen LogP) is 2.00. The van der Waals surface area contributed by atoms with E-state index in [1.165, 1.54) is 11.8 Å². The van der Waals surface area contributed by atoms with Crippen LogP contribution in [0.5, 0.6) is 0 Å². The monoisotopic (exact) mass is 365 g/mol. The third-order valence-electron chi connectivity index (χ3n) is 3.83. The fourth-order valence-corrected chi connectivity index (χ4v) is 2.87. The number of methoxy groups -OCH3 is 1. The van der Waals surface area contributed by atoms with Crippen molar-refractivity contribution in [3.8, 4) is 0 Å². The van der Waals surface area contributed by atoms with Crippen molar-refractivity contribution in [2.24, 2.45) is 0 Å². The minimum absolute atomic E-state index is 0.0545. The third kappa shape index (κ3) is 5.47. The summed E-state index contributed by atoms with van der Waals surface area (Å²) >= 11 is 1.38. The molecular formula is C17H23N3O4S. The van der Waals surface area contributed by atoms with Gasteiger partial charge in [0.15, 0.2) is 5.16 Å². The van der Waals surface area contributed by atoms with Crippen molar-refractivity contribution in [2.75, 3.05) is 26.5 Å². The van der Waals surface area contributed by atoms with E-state index in [4.69, 9.17) is 9.15 Å². The smallest absolute Gasteiger partial charge is 0.254 e. The number of hydrogen-bond donors (Lipinski definition) is 1. The van der Waals surface area contributed by atoms with Crippen molar-refractivity contribution in [3.05, 3.63) is 45.8 Å². The van der Waals surface area contributed by atoms with Gasteiger partial charge in [-0.15, -0.1) is 0 Å². The largest absolute Gasteiger partial charge is 0.467 e. The van der Waals surface area contributed by atoms with E-state index < -0.39 is 0 Å². The summed E-state index contributed by atoms with van der Waals surface area (Å²) in [6.45, 7) is 3.08. The van der Waals surface area contributed by atoms with Gasteiger partial charge in [-0.3, -0.25) is 9.59 Å². The molecule has 0 aliphatic carbocycles. The van der Waals surface area contributed by atoms with Gasteiger partial charge < -0.3 is 19.0 Å². The Morgan fingerprint density at radius 1 is 1.48 bits per heavy atom. The summed E-state index contributed by atoms with van der Waals surface area (Å²) in [4.78, 5) is 33.5. The summed E-state index contributed by atoms with van der Waals surface area (Å²) in [6, 6.07) is 3.61. The van der Waals surface area contributed by atoms with Crippen LogP contribution >= 0.6 is 11.8 Å². The average Bonchev–Trinajstić information content (AvgIpc) is 3.10. The number of carbonyl (C=O) groups is 1. The van der Waals surface area contributed by atoms with E-state index in [0.29, 0.717) is 48.3 Å². The zero-order valence-corrected chi connectivity index (χ0v) is 15.5. The Morgan fingerprint density at radius 3 is 2.88 bits per heavy atom. The maximum atomic E-state index is 12.6. The van der Waals surface area contributed by atoms with Crippen LogP contribution in [-0.2, 0) is 22.5 Å². The summed E-state index contributed by atoms with van der Waals surface area (Å²) in [5.74, 6) is 0.658. The third-order valence-corrected chi connectivity index (χ3v) is 4.41. The number of aryl methyl sites for hydroxylation is 1. The normalized spacial score (nSPS) is 10.8. The number of ether oxygens (including phenoxy) is 1. The summed E-state index contributed by atoms with van der Waals surface area (Å²) in [6.07, 6.45) is 4.01. The van der Waals surface area contributed by atoms with Gasteiger partial charge in [0, 0.05) is 31.3 Å². The number of furan rings is 1. The molecule has 0 saturated carbocycles. The molecule has 0 bridgehead atoms. The number of carbonyl (C=O) groups excluding carboxylic acids is 1. The number of amides is 1. The molecular weight excluding hydrogens is 342 g/mol. The molecule has 25 heavy (non-hydrogen) atoms. The zero-order chi connectivity index (χ0) is 18.2. The van der Waals surface area contributed by atoms with Gasteiger partial charge in [0.05, 0.1) is 19.4 Å². The van der Waals surface area contributed by atoms with E-state index in [-0.39, 0.29) is 17.9 Å². The van der Waals surface area contributed by atoms with Crippen molar-refractivity contribution in [2.45, 2.75) is 31.5 Å². The molecule has 7 nitrogen and oxygen atoms in total. The molecule has 0 aliphatic rings. The van der Waals surface area contributed by atoms with Crippen molar-refractivity contribution < 1.29 is 13.9 Å². The van der Waals surface area contributed by atoms with E-state index in [0.717, 1.165) is 0 Å². The molecule has 0 radical (unpaired) electrons. The SMILES string of the molecule is COCCN(Cc1ccco1)C(=O)CCc1c(C)nc(SC)[nH]c1=O. The first-order chi connectivity index (χ1) is 12.0. The highest BCUT2D eigenvalue weighted by molar-refractivity contribution is 7.98. The van der Waals surface area contributed by atoms with Gasteiger partial charge in [0.2, 0.25) is 5.91 Å². The highest BCUT2D eigenvalue weighted by Gasteiger charge is 2.17. The molecule has 0 fully saturated rings. The van der Waals surface area contributed by atoms with Crippen LogP contribution in [-0.4, -0.2) is 47.3 Å². The van der Waals surface area contributed by atoms with Gasteiger partial charge in [-0.05, 0) is 31.7 Å². The van der Waals surface area contributed by atoms with Gasteiger partial charge in [0.25, 0.3) is 5.56 Å². The van der Waals surface area contributed by atoms with Gasteiger partial charge in [-0.25, -0.2) is 4.98 Å². The first kappa shape index (κ1) is 19.3. The first-order valence-electron chi connectivity index (χ1n) is 7.98. The molecule has 2 aromatic rings. The second kappa shape index (κ2) is 9.43. The molecule has 2 aromatic heterocycles. The molecule has 0 unspecified atom stereocenters. The minimum atomic E-state index is -0.181. The zero-order valence-electron chi connectivity index (χ0n) is 14.7. The maximum absolute atomic E-state index is 12.6. The lowest BCUT2D eigenvalue weighted by molar-refractivity contribution is -0.132. The summed E-state index contributed by atoms with van der Waals surface area (Å²) in [7, 11) is 1.59. The number of nitrogens with zero attached hydrogens (tertiary/aromatic N) is 2. The number of H-pyrrole nitrogens is 1. The van der Waals surface area contributed by atoms with Crippen LogP contribution in [0.1, 0.15) is 23.4 Å². The average molecular weight is 365 g/mol.